The molecule has 1 aliphatic rings. The molecule has 0 radical (unpaired) electrons. The Morgan fingerprint density at radius 3 is 2.52 bits per heavy atom. The number of thiazole rings is 1. The average molecular weight is 468 g/mol. The van der Waals surface area contributed by atoms with Crippen LogP contribution in [0, 0.1) is 0 Å². The summed E-state index contributed by atoms with van der Waals surface area (Å²) >= 11 is 7.10. The zero-order chi connectivity index (χ0) is 22.0. The molecule has 2 aromatic carbocycles. The number of hydrogen-bond donors (Lipinski definition) is 1. The maximum absolute atomic E-state index is 13.7. The minimum absolute atomic E-state index is 0.0420. The molecular weight excluding hydrogens is 451 g/mol. The Labute approximate surface area is 185 Å². The molecule has 31 heavy (non-hydrogen) atoms. The van der Waals surface area contributed by atoms with Gasteiger partial charge in [-0.05, 0) is 30.3 Å². The number of morpholine rings is 1. The Morgan fingerprint density at radius 1 is 1.13 bits per heavy atom. The Kier molecular flexibility index (Phi) is 6.17. The monoisotopic (exact) mass is 467 g/mol. The summed E-state index contributed by atoms with van der Waals surface area (Å²) in [5.41, 5.74) is 0.0282. The van der Waals surface area contributed by atoms with Crippen LogP contribution < -0.4 is 10.2 Å². The topological polar surface area (TPSA) is 54.5 Å². The summed E-state index contributed by atoms with van der Waals surface area (Å²) in [6.45, 7) is 1.93. The number of carbonyl (C=O) groups is 1. The first kappa shape index (κ1) is 21.6. The molecule has 0 spiro atoms. The number of carbonyl (C=O) groups excluding carboxylic acids is 1. The van der Waals surface area contributed by atoms with Gasteiger partial charge in [0.1, 0.15) is 10.7 Å². The highest BCUT2D eigenvalue weighted by atomic mass is 35.5. The van der Waals surface area contributed by atoms with Gasteiger partial charge in [-0.25, -0.2) is 4.98 Å². The molecule has 0 bridgehead atoms. The van der Waals surface area contributed by atoms with Gasteiger partial charge in [-0.3, -0.25) is 4.79 Å². The number of benzene rings is 2. The van der Waals surface area contributed by atoms with Crippen LogP contribution in [0.4, 0.5) is 24.5 Å². The highest BCUT2D eigenvalue weighted by Gasteiger charge is 2.35. The van der Waals surface area contributed by atoms with Crippen molar-refractivity contribution in [3.8, 4) is 10.6 Å². The first-order chi connectivity index (χ1) is 14.8. The van der Waals surface area contributed by atoms with E-state index in [-0.39, 0.29) is 11.4 Å². The van der Waals surface area contributed by atoms with E-state index in [9.17, 15) is 18.0 Å². The third-order valence-corrected chi connectivity index (χ3v) is 5.90. The van der Waals surface area contributed by atoms with Crippen molar-refractivity contribution in [2.24, 2.45) is 0 Å². The summed E-state index contributed by atoms with van der Waals surface area (Å²) in [6, 6.07) is 10.8. The summed E-state index contributed by atoms with van der Waals surface area (Å²) in [5, 5.41) is 5.00. The van der Waals surface area contributed by atoms with E-state index in [0.29, 0.717) is 42.0 Å². The minimum Gasteiger partial charge on any atom is -0.378 e. The number of aromatic nitrogens is 1. The smallest absolute Gasteiger partial charge is 0.378 e. The molecular formula is C21H17ClF3N3O2S. The van der Waals surface area contributed by atoms with E-state index in [4.69, 9.17) is 16.3 Å². The van der Waals surface area contributed by atoms with Gasteiger partial charge in [-0.2, -0.15) is 13.2 Å². The number of ether oxygens (including phenoxy) is 1. The van der Waals surface area contributed by atoms with Crippen LogP contribution in [-0.2, 0) is 10.9 Å². The second-order valence-electron chi connectivity index (χ2n) is 6.83. The van der Waals surface area contributed by atoms with Gasteiger partial charge in [-0.15, -0.1) is 11.3 Å². The van der Waals surface area contributed by atoms with Crippen molar-refractivity contribution in [1.29, 1.82) is 0 Å². The molecule has 0 aliphatic carbocycles. The first-order valence-electron chi connectivity index (χ1n) is 9.38. The lowest BCUT2D eigenvalue weighted by Gasteiger charge is -2.29. The molecule has 0 saturated carbocycles. The van der Waals surface area contributed by atoms with Gasteiger partial charge in [-0.1, -0.05) is 23.7 Å². The average Bonchev–Trinajstić information content (AvgIpc) is 3.25. The van der Waals surface area contributed by atoms with Crippen molar-refractivity contribution < 1.29 is 22.7 Å². The Hall–Kier alpha value is -2.62. The van der Waals surface area contributed by atoms with Gasteiger partial charge >= 0.3 is 6.18 Å². The van der Waals surface area contributed by atoms with Crippen molar-refractivity contribution in [1.82, 2.24) is 4.98 Å². The first-order valence-corrected chi connectivity index (χ1v) is 10.6. The number of hydrogen-bond acceptors (Lipinski definition) is 5. The van der Waals surface area contributed by atoms with E-state index in [2.05, 4.69) is 10.3 Å². The molecule has 0 unspecified atom stereocenters. The summed E-state index contributed by atoms with van der Waals surface area (Å²) in [7, 11) is 0. The van der Waals surface area contributed by atoms with E-state index in [1.165, 1.54) is 22.8 Å². The molecule has 10 heteroatoms. The van der Waals surface area contributed by atoms with E-state index < -0.39 is 17.6 Å². The highest BCUT2D eigenvalue weighted by molar-refractivity contribution is 7.13. The lowest BCUT2D eigenvalue weighted by molar-refractivity contribution is -0.136. The third-order valence-electron chi connectivity index (χ3n) is 4.76. The molecule has 4 rings (SSSR count). The number of alkyl halides is 3. The van der Waals surface area contributed by atoms with E-state index in [1.807, 2.05) is 4.90 Å². The Balaban J connectivity index is 1.56. The maximum Gasteiger partial charge on any atom is 0.418 e. The number of halogens is 4. The third kappa shape index (κ3) is 5.00. The van der Waals surface area contributed by atoms with Gasteiger partial charge in [0.2, 0.25) is 0 Å². The normalized spacial score (nSPS) is 14.5. The Morgan fingerprint density at radius 2 is 1.84 bits per heavy atom. The van der Waals surface area contributed by atoms with E-state index >= 15 is 0 Å². The van der Waals surface area contributed by atoms with Crippen molar-refractivity contribution in [3.63, 3.8) is 0 Å². The molecule has 1 amide bonds. The van der Waals surface area contributed by atoms with Gasteiger partial charge < -0.3 is 15.0 Å². The van der Waals surface area contributed by atoms with Crippen LogP contribution >= 0.6 is 22.9 Å². The Bertz CT molecular complexity index is 1080. The van der Waals surface area contributed by atoms with Gasteiger partial charge in [0.15, 0.2) is 0 Å². The second kappa shape index (κ2) is 8.86. The minimum atomic E-state index is -4.62. The van der Waals surface area contributed by atoms with Crippen LogP contribution in [-0.4, -0.2) is 37.2 Å². The fraction of sp³-hybridized carbons (Fsp3) is 0.238. The molecule has 1 aromatic heterocycles. The molecule has 5 nitrogen and oxygen atoms in total. The molecule has 3 aromatic rings. The van der Waals surface area contributed by atoms with E-state index in [1.54, 1.807) is 30.3 Å². The number of anilines is 2. The lowest BCUT2D eigenvalue weighted by atomic mass is 10.1. The number of nitrogens with one attached hydrogen (secondary N) is 1. The standard InChI is InChI=1S/C21H17ClF3N3O2S/c22-14-3-1-13(2-4-14)20-27-18(12-31-20)19(29)26-17-6-5-15(11-16(17)21(23,24)25)28-7-9-30-10-8-28/h1-6,11-12H,7-10H2,(H,26,29). The number of rotatable bonds is 4. The van der Waals surface area contributed by atoms with Crippen molar-refractivity contribution in [2.75, 3.05) is 36.5 Å². The van der Waals surface area contributed by atoms with E-state index in [0.717, 1.165) is 11.6 Å². The molecule has 162 valence electrons. The summed E-state index contributed by atoms with van der Waals surface area (Å²) in [6.07, 6.45) is -4.62. The number of nitrogens with zero attached hydrogens (tertiary/aromatic N) is 2. The van der Waals surface area contributed by atoms with Crippen LogP contribution in [0.15, 0.2) is 47.8 Å². The SMILES string of the molecule is O=C(Nc1ccc(N2CCOCC2)cc1C(F)(F)F)c1csc(-c2ccc(Cl)cc2)n1. The molecule has 2 heterocycles. The van der Waals surface area contributed by atoms with Crippen molar-refractivity contribution in [3.05, 3.63) is 64.1 Å². The van der Waals surface area contributed by atoms with Crippen LogP contribution in [0.1, 0.15) is 16.1 Å². The zero-order valence-electron chi connectivity index (χ0n) is 16.1. The van der Waals surface area contributed by atoms with Crippen LogP contribution in [0.2, 0.25) is 5.02 Å². The predicted octanol–water partition coefficient (Wildman–Crippen LogP) is 5.57. The second-order valence-corrected chi connectivity index (χ2v) is 8.12. The van der Waals surface area contributed by atoms with Crippen LogP contribution in [0.5, 0.6) is 0 Å². The summed E-state index contributed by atoms with van der Waals surface area (Å²) < 4.78 is 46.3. The lowest BCUT2D eigenvalue weighted by Crippen LogP contribution is -2.36. The zero-order valence-corrected chi connectivity index (χ0v) is 17.7. The van der Waals surface area contributed by atoms with Gasteiger partial charge in [0.05, 0.1) is 24.5 Å². The van der Waals surface area contributed by atoms with Gasteiger partial charge in [0, 0.05) is 34.7 Å². The van der Waals surface area contributed by atoms with Crippen LogP contribution in [0.3, 0.4) is 0 Å². The number of amides is 1. The largest absolute Gasteiger partial charge is 0.418 e. The highest BCUT2D eigenvalue weighted by Crippen LogP contribution is 2.38. The van der Waals surface area contributed by atoms with Crippen LogP contribution in [0.25, 0.3) is 10.6 Å². The quantitative estimate of drug-likeness (QED) is 0.545. The van der Waals surface area contributed by atoms with Crippen molar-refractivity contribution in [2.45, 2.75) is 6.18 Å². The molecule has 1 saturated heterocycles. The van der Waals surface area contributed by atoms with Crippen molar-refractivity contribution >= 4 is 40.2 Å². The molecule has 1 aliphatic heterocycles. The fourth-order valence-corrected chi connectivity index (χ4v) is 4.12. The van der Waals surface area contributed by atoms with Gasteiger partial charge in [0.25, 0.3) is 5.91 Å². The summed E-state index contributed by atoms with van der Waals surface area (Å²) in [5.74, 6) is -0.707. The molecule has 0 atom stereocenters. The molecule has 1 N–H and O–H groups in total. The maximum atomic E-state index is 13.7. The molecule has 1 fully saturated rings. The summed E-state index contributed by atoms with van der Waals surface area (Å²) in [4.78, 5) is 18.7. The fourth-order valence-electron chi connectivity index (χ4n) is 3.18. The predicted molar refractivity (Wildman–Crippen MR) is 115 cm³/mol.